The Kier molecular flexibility index (Phi) is 4.91. The molecular formula is C12H19N3O4. The maximum Gasteiger partial charge on any atom is 0.328 e. The monoisotopic (exact) mass is 269 g/mol. The molecule has 0 radical (unpaired) electrons. The molecule has 0 aliphatic carbocycles. The van der Waals surface area contributed by atoms with Gasteiger partial charge in [-0.1, -0.05) is 6.08 Å². The van der Waals surface area contributed by atoms with Crippen molar-refractivity contribution in [1.29, 1.82) is 0 Å². The molecule has 1 unspecified atom stereocenters. The second kappa shape index (κ2) is 6.21. The van der Waals surface area contributed by atoms with Crippen molar-refractivity contribution in [1.82, 2.24) is 15.1 Å². The minimum atomic E-state index is -1.13. The first-order valence-electron chi connectivity index (χ1n) is 6.06. The van der Waals surface area contributed by atoms with Crippen molar-refractivity contribution in [2.75, 3.05) is 19.6 Å². The van der Waals surface area contributed by atoms with Gasteiger partial charge in [0.2, 0.25) is 5.91 Å². The number of carbonyl (C=O) groups excluding carboxylic acids is 2. The number of carboxylic acids is 1. The highest BCUT2D eigenvalue weighted by Gasteiger charge is 2.37. The quantitative estimate of drug-likeness (QED) is 0.697. The van der Waals surface area contributed by atoms with Gasteiger partial charge in [0.1, 0.15) is 12.6 Å². The molecule has 1 heterocycles. The van der Waals surface area contributed by atoms with E-state index in [2.05, 4.69) is 11.9 Å². The number of rotatable bonds is 4. The first-order chi connectivity index (χ1) is 8.88. The summed E-state index contributed by atoms with van der Waals surface area (Å²) in [6.45, 7) is 7.21. The van der Waals surface area contributed by atoms with Crippen molar-refractivity contribution >= 4 is 17.9 Å². The highest BCUT2D eigenvalue weighted by atomic mass is 16.4. The van der Waals surface area contributed by atoms with Crippen LogP contribution in [0.1, 0.15) is 13.8 Å². The van der Waals surface area contributed by atoms with Crippen LogP contribution in [0.4, 0.5) is 4.79 Å². The van der Waals surface area contributed by atoms with E-state index in [-0.39, 0.29) is 25.0 Å². The molecule has 0 aromatic carbocycles. The van der Waals surface area contributed by atoms with E-state index < -0.39 is 18.0 Å². The summed E-state index contributed by atoms with van der Waals surface area (Å²) in [7, 11) is 0. The predicted octanol–water partition coefficient (Wildman–Crippen LogP) is -0.112. The Balaban J connectivity index is 2.93. The van der Waals surface area contributed by atoms with Gasteiger partial charge >= 0.3 is 12.0 Å². The molecule has 106 valence electrons. The standard InChI is InChI=1S/C12H19N3O4/c1-4-5-14(8(2)3)12(19)15-7-10(16)13-6-9(15)11(17)18/h4,8-9H,1,5-7H2,2-3H3,(H,13,16)(H,17,18). The highest BCUT2D eigenvalue weighted by Crippen LogP contribution is 2.11. The summed E-state index contributed by atoms with van der Waals surface area (Å²) >= 11 is 0. The number of carboxylic acid groups (broad SMARTS) is 1. The van der Waals surface area contributed by atoms with Gasteiger partial charge in [0.05, 0.1) is 0 Å². The minimum Gasteiger partial charge on any atom is -0.480 e. The fourth-order valence-electron chi connectivity index (χ4n) is 1.88. The number of nitrogens with zero attached hydrogens (tertiary/aromatic N) is 2. The largest absolute Gasteiger partial charge is 0.480 e. The molecule has 2 N–H and O–H groups in total. The van der Waals surface area contributed by atoms with Crippen LogP contribution in [-0.4, -0.2) is 64.5 Å². The number of aliphatic carboxylic acids is 1. The zero-order chi connectivity index (χ0) is 14.6. The van der Waals surface area contributed by atoms with Gasteiger partial charge in [-0.15, -0.1) is 6.58 Å². The van der Waals surface area contributed by atoms with Crippen molar-refractivity contribution < 1.29 is 19.5 Å². The molecule has 7 heteroatoms. The van der Waals surface area contributed by atoms with Gasteiger partial charge in [-0.2, -0.15) is 0 Å². The van der Waals surface area contributed by atoms with E-state index >= 15 is 0 Å². The van der Waals surface area contributed by atoms with Crippen LogP contribution in [0.2, 0.25) is 0 Å². The zero-order valence-corrected chi connectivity index (χ0v) is 11.1. The van der Waals surface area contributed by atoms with Crippen molar-refractivity contribution in [2.45, 2.75) is 25.9 Å². The second-order valence-corrected chi connectivity index (χ2v) is 4.60. The average Bonchev–Trinajstić information content (AvgIpc) is 2.34. The van der Waals surface area contributed by atoms with Crippen LogP contribution in [0.3, 0.4) is 0 Å². The molecule has 3 amide bonds. The number of piperazine rings is 1. The topological polar surface area (TPSA) is 90.0 Å². The zero-order valence-electron chi connectivity index (χ0n) is 11.1. The summed E-state index contributed by atoms with van der Waals surface area (Å²) < 4.78 is 0. The average molecular weight is 269 g/mol. The molecule has 1 saturated heterocycles. The van der Waals surface area contributed by atoms with E-state index in [0.717, 1.165) is 4.90 Å². The van der Waals surface area contributed by atoms with E-state index in [1.807, 2.05) is 13.8 Å². The first-order valence-corrected chi connectivity index (χ1v) is 6.06. The lowest BCUT2D eigenvalue weighted by Crippen LogP contribution is -2.62. The lowest BCUT2D eigenvalue weighted by molar-refractivity contribution is -0.144. The third kappa shape index (κ3) is 3.46. The van der Waals surface area contributed by atoms with Crippen molar-refractivity contribution in [2.24, 2.45) is 0 Å². The van der Waals surface area contributed by atoms with Crippen molar-refractivity contribution in [3.63, 3.8) is 0 Å². The summed E-state index contributed by atoms with van der Waals surface area (Å²) in [5.41, 5.74) is 0. The SMILES string of the molecule is C=CCN(C(=O)N1CC(=O)NCC1C(=O)O)C(C)C. The van der Waals surface area contributed by atoms with E-state index in [1.165, 1.54) is 4.90 Å². The number of hydrogen-bond acceptors (Lipinski definition) is 3. The Hall–Kier alpha value is -2.05. The molecule has 0 aromatic heterocycles. The highest BCUT2D eigenvalue weighted by molar-refractivity contribution is 5.90. The summed E-state index contributed by atoms with van der Waals surface area (Å²) in [5, 5.41) is 11.6. The normalized spacial score (nSPS) is 19.0. The van der Waals surface area contributed by atoms with Gasteiger partial charge in [0, 0.05) is 19.1 Å². The molecule has 0 aromatic rings. The molecule has 1 aliphatic heterocycles. The molecular weight excluding hydrogens is 250 g/mol. The van der Waals surface area contributed by atoms with E-state index in [1.54, 1.807) is 6.08 Å². The van der Waals surface area contributed by atoms with E-state index in [4.69, 9.17) is 5.11 Å². The number of urea groups is 1. The van der Waals surface area contributed by atoms with Crippen LogP contribution in [0, 0.1) is 0 Å². The Bertz CT molecular complexity index is 394. The molecule has 7 nitrogen and oxygen atoms in total. The fraction of sp³-hybridized carbons (Fsp3) is 0.583. The first kappa shape index (κ1) is 15.0. The van der Waals surface area contributed by atoms with Gasteiger partial charge in [-0.25, -0.2) is 9.59 Å². The lowest BCUT2D eigenvalue weighted by Gasteiger charge is -2.37. The van der Waals surface area contributed by atoms with Crippen LogP contribution < -0.4 is 5.32 Å². The Labute approximate surface area is 111 Å². The fourth-order valence-corrected chi connectivity index (χ4v) is 1.88. The van der Waals surface area contributed by atoms with Gasteiger partial charge in [0.15, 0.2) is 0 Å². The second-order valence-electron chi connectivity index (χ2n) is 4.60. The van der Waals surface area contributed by atoms with Crippen LogP contribution in [0.15, 0.2) is 12.7 Å². The van der Waals surface area contributed by atoms with Crippen molar-refractivity contribution in [3.05, 3.63) is 12.7 Å². The van der Waals surface area contributed by atoms with Crippen LogP contribution >= 0.6 is 0 Å². The smallest absolute Gasteiger partial charge is 0.328 e. The van der Waals surface area contributed by atoms with E-state index in [9.17, 15) is 14.4 Å². The third-order valence-electron chi connectivity index (χ3n) is 2.91. The maximum absolute atomic E-state index is 12.4. The molecule has 1 aliphatic rings. The van der Waals surface area contributed by atoms with Gasteiger partial charge in [-0.05, 0) is 13.8 Å². The van der Waals surface area contributed by atoms with Crippen LogP contribution in [0.5, 0.6) is 0 Å². The molecule has 0 bridgehead atoms. The Morgan fingerprint density at radius 1 is 1.63 bits per heavy atom. The summed E-state index contributed by atoms with van der Waals surface area (Å²) in [4.78, 5) is 37.4. The van der Waals surface area contributed by atoms with Crippen molar-refractivity contribution in [3.8, 4) is 0 Å². The number of amides is 3. The lowest BCUT2D eigenvalue weighted by atomic mass is 10.2. The Morgan fingerprint density at radius 2 is 2.26 bits per heavy atom. The summed E-state index contributed by atoms with van der Waals surface area (Å²) in [6.07, 6.45) is 1.57. The van der Waals surface area contributed by atoms with Crippen LogP contribution in [-0.2, 0) is 9.59 Å². The van der Waals surface area contributed by atoms with E-state index in [0.29, 0.717) is 6.54 Å². The number of nitrogens with one attached hydrogen (secondary N) is 1. The Morgan fingerprint density at radius 3 is 2.74 bits per heavy atom. The number of carbonyl (C=O) groups is 3. The maximum atomic E-state index is 12.4. The molecule has 1 rings (SSSR count). The van der Waals surface area contributed by atoms with Gasteiger partial charge < -0.3 is 15.3 Å². The molecule has 19 heavy (non-hydrogen) atoms. The molecule has 0 saturated carbocycles. The van der Waals surface area contributed by atoms with Gasteiger partial charge in [0.25, 0.3) is 0 Å². The summed E-state index contributed by atoms with van der Waals surface area (Å²) in [5.74, 6) is -1.48. The predicted molar refractivity (Wildman–Crippen MR) is 68.6 cm³/mol. The summed E-state index contributed by atoms with van der Waals surface area (Å²) in [6, 6.07) is -1.60. The van der Waals surface area contributed by atoms with Crippen LogP contribution in [0.25, 0.3) is 0 Å². The minimum absolute atomic E-state index is 0.0695. The number of hydrogen-bond donors (Lipinski definition) is 2. The molecule has 0 spiro atoms. The van der Waals surface area contributed by atoms with Gasteiger partial charge in [-0.3, -0.25) is 9.69 Å². The molecule has 1 atom stereocenters. The third-order valence-corrected chi connectivity index (χ3v) is 2.91. The molecule has 1 fully saturated rings.